The molecule has 1 N–H and O–H groups in total. The molecule has 2 aliphatic heterocycles. The fraction of sp³-hybridized carbons (Fsp3) is 0.447. The minimum atomic E-state index is -0.499. The van der Waals surface area contributed by atoms with E-state index in [9.17, 15) is 4.79 Å². The third-order valence-corrected chi connectivity index (χ3v) is 11.0. The van der Waals surface area contributed by atoms with Crippen LogP contribution in [0.5, 0.6) is 0 Å². The van der Waals surface area contributed by atoms with Gasteiger partial charge in [-0.1, -0.05) is 48.9 Å². The van der Waals surface area contributed by atoms with Crippen molar-refractivity contribution in [2.24, 2.45) is 22.7 Å². The van der Waals surface area contributed by atoms with E-state index >= 15 is 0 Å². The fourth-order valence-electron chi connectivity index (χ4n) is 8.85. The van der Waals surface area contributed by atoms with Gasteiger partial charge in [-0.15, -0.1) is 0 Å². The number of ether oxygens (including phenoxy) is 1. The molecule has 2 bridgehead atoms. The van der Waals surface area contributed by atoms with E-state index in [1.54, 1.807) is 0 Å². The molecule has 4 fully saturated rings. The lowest BCUT2D eigenvalue weighted by molar-refractivity contribution is 0.0230. The van der Waals surface area contributed by atoms with Gasteiger partial charge in [-0.05, 0) is 116 Å². The summed E-state index contributed by atoms with van der Waals surface area (Å²) in [5, 5.41) is 2.48. The summed E-state index contributed by atoms with van der Waals surface area (Å²) in [6.07, 6.45) is 10.2. The topological polar surface area (TPSA) is 70.6 Å². The van der Waals surface area contributed by atoms with Crippen molar-refractivity contribution in [2.45, 2.75) is 89.3 Å². The number of hydrogen-bond acceptors (Lipinski definition) is 4. The summed E-state index contributed by atoms with van der Waals surface area (Å²) in [7, 11) is 0. The standard InChI is InChI=1S/C38H40N4O2/c1-38(2,3)44-37(43)42-34-17-27(34)18-35(42)32-19-30-28-12-10-24(16-26(28)11-13-31(30)40-32)22-6-8-23(9-7-22)33-20-39-36(41-33)29-15-21-4-5-25(29)14-21/h6-13,16,20-21,25,27,29,34-35H,4-5,14-15,17-19H2,1-3H3,(H,39,41)/t21-,25+,27-,29+,34-,35+/m1/s1. The van der Waals surface area contributed by atoms with Crippen LogP contribution in [0.3, 0.4) is 0 Å². The minimum Gasteiger partial charge on any atom is -0.444 e. The van der Waals surface area contributed by atoms with Gasteiger partial charge in [0.05, 0.1) is 23.6 Å². The second kappa shape index (κ2) is 9.53. The van der Waals surface area contributed by atoms with Gasteiger partial charge in [-0.3, -0.25) is 9.89 Å². The van der Waals surface area contributed by atoms with Crippen LogP contribution in [0.25, 0.3) is 33.2 Å². The van der Waals surface area contributed by atoms with Crippen molar-refractivity contribution in [2.75, 3.05) is 0 Å². The van der Waals surface area contributed by atoms with Gasteiger partial charge >= 0.3 is 6.09 Å². The first-order valence-corrected chi connectivity index (χ1v) is 16.6. The van der Waals surface area contributed by atoms with Crippen LogP contribution in [-0.2, 0) is 11.2 Å². The Balaban J connectivity index is 0.931. The van der Waals surface area contributed by atoms with E-state index in [4.69, 9.17) is 14.7 Å². The van der Waals surface area contributed by atoms with Crippen molar-refractivity contribution < 1.29 is 9.53 Å². The number of aromatic amines is 1. The second-order valence-corrected chi connectivity index (χ2v) is 15.0. The number of likely N-dealkylation sites (tertiary alicyclic amines) is 1. The molecule has 224 valence electrons. The number of carbonyl (C=O) groups is 1. The van der Waals surface area contributed by atoms with E-state index in [-0.39, 0.29) is 12.1 Å². The number of piperidine rings is 1. The highest BCUT2D eigenvalue weighted by molar-refractivity contribution is 6.05. The van der Waals surface area contributed by atoms with Crippen molar-refractivity contribution in [3.05, 3.63) is 72.2 Å². The molecule has 0 spiro atoms. The van der Waals surface area contributed by atoms with Gasteiger partial charge < -0.3 is 9.72 Å². The maximum Gasteiger partial charge on any atom is 0.411 e. The molecule has 9 rings (SSSR count). The summed E-state index contributed by atoms with van der Waals surface area (Å²) in [4.78, 5) is 28.7. The van der Waals surface area contributed by atoms with Gasteiger partial charge in [-0.25, -0.2) is 9.78 Å². The molecular formula is C38H40N4O2. The molecule has 6 nitrogen and oxygen atoms in total. The van der Waals surface area contributed by atoms with Gasteiger partial charge in [0.2, 0.25) is 0 Å². The Morgan fingerprint density at radius 2 is 1.73 bits per heavy atom. The Labute approximate surface area is 258 Å². The Kier molecular flexibility index (Phi) is 5.74. The van der Waals surface area contributed by atoms with Gasteiger partial charge in [0.25, 0.3) is 0 Å². The quantitative estimate of drug-likeness (QED) is 0.261. The molecular weight excluding hydrogens is 544 g/mol. The Hall–Kier alpha value is -3.93. The lowest BCUT2D eigenvalue weighted by Gasteiger charge is -2.30. The van der Waals surface area contributed by atoms with Crippen LogP contribution in [0.2, 0.25) is 0 Å². The van der Waals surface area contributed by atoms with Crippen LogP contribution < -0.4 is 0 Å². The number of imidazole rings is 1. The van der Waals surface area contributed by atoms with Gasteiger partial charge in [0.1, 0.15) is 11.4 Å². The van der Waals surface area contributed by atoms with E-state index < -0.39 is 5.60 Å². The van der Waals surface area contributed by atoms with Crippen LogP contribution in [0.15, 0.2) is 65.8 Å². The molecule has 1 amide bonds. The number of carbonyl (C=O) groups excluding carboxylic acids is 1. The highest BCUT2D eigenvalue weighted by Gasteiger charge is 2.56. The molecule has 3 aliphatic carbocycles. The normalized spacial score (nSPS) is 28.3. The molecule has 0 radical (unpaired) electrons. The van der Waals surface area contributed by atoms with Crippen molar-refractivity contribution in [1.29, 1.82) is 0 Å². The first kappa shape index (κ1) is 26.5. The number of amides is 1. The van der Waals surface area contributed by atoms with Gasteiger partial charge in [0, 0.05) is 24.1 Å². The van der Waals surface area contributed by atoms with E-state index in [0.29, 0.717) is 17.9 Å². The third-order valence-electron chi connectivity index (χ3n) is 11.0. The number of nitrogens with one attached hydrogen (secondary N) is 1. The summed E-state index contributed by atoms with van der Waals surface area (Å²) in [5.41, 5.74) is 7.64. The number of rotatable bonds is 4. The van der Waals surface area contributed by atoms with Crippen LogP contribution in [0, 0.1) is 17.8 Å². The van der Waals surface area contributed by atoms with Crippen molar-refractivity contribution in [1.82, 2.24) is 14.9 Å². The number of aliphatic imine (C=N–C) groups is 1. The molecule has 3 aromatic carbocycles. The Bertz CT molecular complexity index is 1830. The predicted molar refractivity (Wildman–Crippen MR) is 174 cm³/mol. The molecule has 6 heteroatoms. The highest BCUT2D eigenvalue weighted by atomic mass is 16.6. The smallest absolute Gasteiger partial charge is 0.411 e. The number of aromatic nitrogens is 2. The molecule has 1 saturated heterocycles. The molecule has 44 heavy (non-hydrogen) atoms. The summed E-state index contributed by atoms with van der Waals surface area (Å²) in [6.45, 7) is 5.81. The van der Waals surface area contributed by atoms with Crippen LogP contribution in [0.1, 0.15) is 76.6 Å². The predicted octanol–water partition coefficient (Wildman–Crippen LogP) is 8.83. The van der Waals surface area contributed by atoms with E-state index in [0.717, 1.165) is 48.2 Å². The number of fused-ring (bicyclic) bond motifs is 6. The number of benzene rings is 3. The minimum absolute atomic E-state index is 0.0353. The first-order chi connectivity index (χ1) is 21.3. The highest BCUT2D eigenvalue weighted by Crippen LogP contribution is 2.52. The number of H-pyrrole nitrogens is 1. The average Bonchev–Trinajstić information content (AvgIpc) is 3.63. The summed E-state index contributed by atoms with van der Waals surface area (Å²) in [5.74, 6) is 4.14. The first-order valence-electron chi connectivity index (χ1n) is 16.6. The summed E-state index contributed by atoms with van der Waals surface area (Å²) in [6, 6.07) is 20.3. The zero-order valence-electron chi connectivity index (χ0n) is 25.8. The average molecular weight is 585 g/mol. The van der Waals surface area contributed by atoms with Crippen LogP contribution in [0.4, 0.5) is 10.5 Å². The second-order valence-electron chi connectivity index (χ2n) is 15.0. The van der Waals surface area contributed by atoms with E-state index in [2.05, 4.69) is 59.6 Å². The summed E-state index contributed by atoms with van der Waals surface area (Å²) < 4.78 is 5.80. The van der Waals surface area contributed by atoms with Crippen molar-refractivity contribution in [3.63, 3.8) is 0 Å². The van der Waals surface area contributed by atoms with Crippen LogP contribution >= 0.6 is 0 Å². The van der Waals surface area contributed by atoms with E-state index in [1.807, 2.05) is 31.9 Å². The monoisotopic (exact) mass is 584 g/mol. The fourth-order valence-corrected chi connectivity index (χ4v) is 8.85. The number of hydrogen-bond donors (Lipinski definition) is 1. The molecule has 5 aliphatic rings. The maximum absolute atomic E-state index is 13.1. The maximum atomic E-state index is 13.1. The third kappa shape index (κ3) is 4.40. The zero-order valence-corrected chi connectivity index (χ0v) is 25.8. The molecule has 1 aromatic heterocycles. The van der Waals surface area contributed by atoms with Crippen LogP contribution in [-0.4, -0.2) is 44.4 Å². The molecule has 4 aromatic rings. The molecule has 0 unspecified atom stereocenters. The SMILES string of the molecule is CC(C)(C)OC(=O)N1[C@@H]2C[C@@H]2C[C@H]1C1=Nc2ccc3cc(-c4ccc(-c5cnc([C@H]6C[C@@H]7CC[C@H]6C7)[nH]5)cc4)ccc3c2C1. The van der Waals surface area contributed by atoms with Crippen molar-refractivity contribution in [3.8, 4) is 22.4 Å². The lowest BCUT2D eigenvalue weighted by atomic mass is 9.88. The molecule has 3 saturated carbocycles. The van der Waals surface area contributed by atoms with Gasteiger partial charge in [0.15, 0.2) is 0 Å². The largest absolute Gasteiger partial charge is 0.444 e. The van der Waals surface area contributed by atoms with Crippen molar-refractivity contribution >= 4 is 28.3 Å². The molecule has 3 heterocycles. The molecule has 6 atom stereocenters. The zero-order chi connectivity index (χ0) is 29.7. The summed E-state index contributed by atoms with van der Waals surface area (Å²) >= 11 is 0. The van der Waals surface area contributed by atoms with Gasteiger partial charge in [-0.2, -0.15) is 0 Å². The lowest BCUT2D eigenvalue weighted by Crippen LogP contribution is -2.45. The van der Waals surface area contributed by atoms with E-state index in [1.165, 1.54) is 64.5 Å². The Morgan fingerprint density at radius 1 is 0.909 bits per heavy atom. The number of nitrogens with zero attached hydrogens (tertiary/aromatic N) is 3. The Morgan fingerprint density at radius 3 is 2.50 bits per heavy atom.